The van der Waals surface area contributed by atoms with Crippen LogP contribution in [0.25, 0.3) is 6.08 Å². The van der Waals surface area contributed by atoms with Crippen LogP contribution in [0, 0.1) is 5.41 Å². The van der Waals surface area contributed by atoms with Crippen molar-refractivity contribution in [2.45, 2.75) is 38.5 Å². The van der Waals surface area contributed by atoms with E-state index in [1.165, 1.54) is 10.5 Å². The molecule has 5 nitrogen and oxygen atoms in total. The summed E-state index contributed by atoms with van der Waals surface area (Å²) in [6.45, 7) is 1.43. The number of nitrogens with one attached hydrogen (secondary N) is 1. The zero-order valence-corrected chi connectivity index (χ0v) is 17.7. The number of aromatic nitrogens is 1. The third-order valence-corrected chi connectivity index (χ3v) is 7.43. The van der Waals surface area contributed by atoms with E-state index in [4.69, 9.17) is 0 Å². The smallest absolute Gasteiger partial charge is 0.246 e. The molecule has 30 heavy (non-hydrogen) atoms. The van der Waals surface area contributed by atoms with Crippen LogP contribution in [0.1, 0.15) is 41.7 Å². The number of hydrogen-bond donors (Lipinski definition) is 1. The molecule has 3 aliphatic rings. The Balaban J connectivity index is 1.22. The largest absolute Gasteiger partial charge is 0.335 e. The fourth-order valence-corrected chi connectivity index (χ4v) is 5.30. The highest BCUT2D eigenvalue weighted by atomic mass is 32.1. The monoisotopic (exact) mass is 419 g/mol. The van der Waals surface area contributed by atoms with Crippen LogP contribution in [0.15, 0.2) is 47.5 Å². The second-order valence-corrected chi connectivity index (χ2v) is 9.56. The summed E-state index contributed by atoms with van der Waals surface area (Å²) in [6.07, 6.45) is 13.1. The first kappa shape index (κ1) is 19.2. The molecule has 0 bridgehead atoms. The maximum Gasteiger partial charge on any atom is 0.246 e. The fourth-order valence-electron chi connectivity index (χ4n) is 4.54. The van der Waals surface area contributed by atoms with Gasteiger partial charge in [0.1, 0.15) is 5.82 Å². The first-order valence-corrected chi connectivity index (χ1v) is 11.5. The van der Waals surface area contributed by atoms with Gasteiger partial charge in [-0.15, -0.1) is 11.3 Å². The van der Waals surface area contributed by atoms with Crippen molar-refractivity contribution in [3.05, 3.63) is 63.5 Å². The van der Waals surface area contributed by atoms with E-state index < -0.39 is 0 Å². The maximum absolute atomic E-state index is 12.6. The summed E-state index contributed by atoms with van der Waals surface area (Å²) in [6, 6.07) is 6.30. The van der Waals surface area contributed by atoms with Crippen molar-refractivity contribution in [2.24, 2.45) is 5.41 Å². The molecule has 1 spiro atoms. The number of hydrogen-bond acceptors (Lipinski definition) is 4. The highest BCUT2D eigenvalue weighted by Crippen LogP contribution is 2.47. The Morgan fingerprint density at radius 3 is 2.97 bits per heavy atom. The van der Waals surface area contributed by atoms with Gasteiger partial charge in [-0.2, -0.15) is 0 Å². The zero-order chi connectivity index (χ0) is 20.6. The van der Waals surface area contributed by atoms with Gasteiger partial charge < -0.3 is 10.2 Å². The van der Waals surface area contributed by atoms with E-state index in [-0.39, 0.29) is 17.2 Å². The molecule has 154 valence electrons. The van der Waals surface area contributed by atoms with Crippen LogP contribution >= 0.6 is 11.3 Å². The van der Waals surface area contributed by atoms with Crippen molar-refractivity contribution in [1.82, 2.24) is 9.88 Å². The number of nitrogens with zero attached hydrogens (tertiary/aromatic N) is 2. The molecule has 1 N–H and O–H groups in total. The van der Waals surface area contributed by atoms with E-state index in [9.17, 15) is 9.59 Å². The molecular weight excluding hydrogens is 394 g/mol. The van der Waals surface area contributed by atoms with Gasteiger partial charge in [-0.25, -0.2) is 4.98 Å². The van der Waals surface area contributed by atoms with Crippen LogP contribution < -0.4 is 5.32 Å². The molecule has 2 amide bonds. The molecule has 4 heterocycles. The van der Waals surface area contributed by atoms with E-state index in [2.05, 4.69) is 40.0 Å². The van der Waals surface area contributed by atoms with Gasteiger partial charge in [-0.1, -0.05) is 24.1 Å². The number of anilines is 1. The summed E-state index contributed by atoms with van der Waals surface area (Å²) >= 11 is 1.78. The van der Waals surface area contributed by atoms with Crippen LogP contribution in [0.2, 0.25) is 0 Å². The molecule has 0 atom stereocenters. The SMILES string of the molecule is O=C(/C=C/c1cnc2c(c1)CC1(CCC1)C(=O)N2)N1CC=C(Cc2cccs2)CC1. The second kappa shape index (κ2) is 7.84. The predicted octanol–water partition coefficient (Wildman–Crippen LogP) is 4.22. The molecule has 1 aliphatic carbocycles. The average Bonchev–Trinajstić information content (AvgIpc) is 3.24. The maximum atomic E-state index is 12.6. The zero-order valence-electron chi connectivity index (χ0n) is 16.9. The predicted molar refractivity (Wildman–Crippen MR) is 119 cm³/mol. The standard InChI is InChI=1S/C24H25N3O2S/c28-21(27-10-6-17(7-11-27)14-20-3-1-12-30-20)5-4-18-13-19-15-24(8-2-9-24)23(29)26-22(19)25-16-18/h1,3-6,12-13,16H,2,7-11,14-15H2,(H,25,26,29)/b5-4+. The summed E-state index contributed by atoms with van der Waals surface area (Å²) in [7, 11) is 0. The summed E-state index contributed by atoms with van der Waals surface area (Å²) in [4.78, 5) is 32.6. The molecule has 0 saturated heterocycles. The van der Waals surface area contributed by atoms with Crippen molar-refractivity contribution in [3.8, 4) is 0 Å². The first-order valence-electron chi connectivity index (χ1n) is 10.6. The summed E-state index contributed by atoms with van der Waals surface area (Å²) in [5, 5.41) is 5.07. The summed E-state index contributed by atoms with van der Waals surface area (Å²) < 4.78 is 0. The van der Waals surface area contributed by atoms with Crippen molar-refractivity contribution in [1.29, 1.82) is 0 Å². The van der Waals surface area contributed by atoms with Gasteiger partial charge >= 0.3 is 0 Å². The molecule has 2 aliphatic heterocycles. The molecule has 2 aromatic heterocycles. The van der Waals surface area contributed by atoms with Crippen molar-refractivity contribution in [2.75, 3.05) is 18.4 Å². The van der Waals surface area contributed by atoms with Gasteiger partial charge in [0.2, 0.25) is 11.8 Å². The minimum atomic E-state index is -0.228. The first-order chi connectivity index (χ1) is 14.6. The molecule has 0 aromatic carbocycles. The number of carbonyl (C=O) groups is 2. The molecule has 0 unspecified atom stereocenters. The van der Waals surface area contributed by atoms with E-state index in [1.54, 1.807) is 23.6 Å². The van der Waals surface area contributed by atoms with Gasteiger partial charge in [0.25, 0.3) is 0 Å². The number of carbonyl (C=O) groups excluding carboxylic acids is 2. The molecule has 0 radical (unpaired) electrons. The molecule has 6 heteroatoms. The van der Waals surface area contributed by atoms with Crippen LogP contribution in [0.5, 0.6) is 0 Å². The van der Waals surface area contributed by atoms with Gasteiger partial charge in [0, 0.05) is 36.7 Å². The van der Waals surface area contributed by atoms with Crippen LogP contribution in [0.3, 0.4) is 0 Å². The van der Waals surface area contributed by atoms with E-state index in [0.717, 1.165) is 56.2 Å². The van der Waals surface area contributed by atoms with Crippen molar-refractivity contribution >= 4 is 35.0 Å². The quantitative estimate of drug-likeness (QED) is 0.596. The number of amides is 2. The average molecular weight is 420 g/mol. The van der Waals surface area contributed by atoms with Crippen LogP contribution in [-0.4, -0.2) is 34.8 Å². The second-order valence-electron chi connectivity index (χ2n) is 8.53. The van der Waals surface area contributed by atoms with Crippen LogP contribution in [-0.2, 0) is 22.4 Å². The Morgan fingerprint density at radius 1 is 1.37 bits per heavy atom. The molecular formula is C24H25N3O2S. The van der Waals surface area contributed by atoms with Gasteiger partial charge in [-0.3, -0.25) is 9.59 Å². The highest BCUT2D eigenvalue weighted by molar-refractivity contribution is 7.09. The van der Waals surface area contributed by atoms with Crippen LogP contribution in [0.4, 0.5) is 5.82 Å². The molecule has 1 saturated carbocycles. The third-order valence-electron chi connectivity index (χ3n) is 6.56. The summed E-state index contributed by atoms with van der Waals surface area (Å²) in [5.74, 6) is 0.812. The number of pyridine rings is 1. The van der Waals surface area contributed by atoms with E-state index in [0.29, 0.717) is 12.4 Å². The third kappa shape index (κ3) is 3.72. The number of fused-ring (bicyclic) bond motifs is 1. The van der Waals surface area contributed by atoms with Gasteiger partial charge in [0.15, 0.2) is 0 Å². The highest BCUT2D eigenvalue weighted by Gasteiger charge is 2.47. The van der Waals surface area contributed by atoms with Gasteiger partial charge in [-0.05, 0) is 60.4 Å². The molecule has 1 fully saturated rings. The lowest BCUT2D eigenvalue weighted by Gasteiger charge is -2.43. The van der Waals surface area contributed by atoms with E-state index in [1.807, 2.05) is 11.0 Å². The van der Waals surface area contributed by atoms with Crippen molar-refractivity contribution in [3.63, 3.8) is 0 Å². The van der Waals surface area contributed by atoms with Gasteiger partial charge in [0.05, 0.1) is 5.41 Å². The molecule has 5 rings (SSSR count). The minimum Gasteiger partial charge on any atom is -0.335 e. The Morgan fingerprint density at radius 2 is 2.27 bits per heavy atom. The van der Waals surface area contributed by atoms with E-state index >= 15 is 0 Å². The topological polar surface area (TPSA) is 62.3 Å². The van der Waals surface area contributed by atoms with Crippen molar-refractivity contribution < 1.29 is 9.59 Å². The lowest BCUT2D eigenvalue weighted by atomic mass is 9.63. The molecule has 2 aromatic rings. The Kier molecular flexibility index (Phi) is 5.03. The lowest BCUT2D eigenvalue weighted by Crippen LogP contribution is -2.46. The normalized spacial score (nSPS) is 19.9. The Labute approximate surface area is 180 Å². The summed E-state index contributed by atoms with van der Waals surface area (Å²) in [5.41, 5.74) is 3.16. The Bertz CT molecular complexity index is 1030. The lowest BCUT2D eigenvalue weighted by molar-refractivity contribution is -0.130. The number of thiophene rings is 1. The number of rotatable bonds is 4. The minimum absolute atomic E-state index is 0.0305. The fraction of sp³-hybridized carbons (Fsp3) is 0.375. The Hall–Kier alpha value is -2.73.